The van der Waals surface area contributed by atoms with Crippen molar-refractivity contribution in [2.24, 2.45) is 0 Å². The molecule has 0 spiro atoms. The number of hydrogen-bond donors (Lipinski definition) is 2. The number of aryl methyl sites for hydroxylation is 1. The van der Waals surface area contributed by atoms with E-state index in [1.54, 1.807) is 12.1 Å². The number of halogens is 1. The van der Waals surface area contributed by atoms with E-state index >= 15 is 0 Å². The van der Waals surface area contributed by atoms with E-state index in [0.717, 1.165) is 11.1 Å². The Kier molecular flexibility index (Phi) is 5.96. The molecule has 6 nitrogen and oxygen atoms in total. The van der Waals surface area contributed by atoms with Crippen molar-refractivity contribution in [3.63, 3.8) is 0 Å². The van der Waals surface area contributed by atoms with Gasteiger partial charge in [0, 0.05) is 0 Å². The lowest BCUT2D eigenvalue weighted by atomic mass is 10.1. The van der Waals surface area contributed by atoms with E-state index in [2.05, 4.69) is 10.6 Å². The Balaban J connectivity index is 1.86. The van der Waals surface area contributed by atoms with E-state index in [9.17, 15) is 9.59 Å². The lowest BCUT2D eigenvalue weighted by Gasteiger charge is -2.17. The third-order valence-electron chi connectivity index (χ3n) is 4.01. The molecule has 1 aliphatic heterocycles. The van der Waals surface area contributed by atoms with Gasteiger partial charge in [-0.3, -0.25) is 20.2 Å². The molecule has 0 saturated carbocycles. The molecule has 2 amide bonds. The Hall–Kier alpha value is -2.90. The largest absolute Gasteiger partial charge is 0.493 e. The molecule has 0 atom stereocenters. The van der Waals surface area contributed by atoms with Crippen LogP contribution in [0.25, 0.3) is 6.08 Å². The third-order valence-corrected chi connectivity index (χ3v) is 4.49. The summed E-state index contributed by atoms with van der Waals surface area (Å²) in [5.74, 6) is -0.392. The first-order valence-corrected chi connectivity index (χ1v) is 9.10. The monoisotopic (exact) mass is 416 g/mol. The fourth-order valence-electron chi connectivity index (χ4n) is 2.58. The van der Waals surface area contributed by atoms with E-state index in [4.69, 9.17) is 33.3 Å². The maximum absolute atomic E-state index is 12.0. The normalized spacial score (nSPS) is 13.7. The molecule has 0 unspecified atom stereocenters. The molecule has 1 fully saturated rings. The predicted octanol–water partition coefficient (Wildman–Crippen LogP) is 3.15. The number of hydrogen-bond acceptors (Lipinski definition) is 5. The predicted molar refractivity (Wildman–Crippen MR) is 110 cm³/mol. The lowest BCUT2D eigenvalue weighted by Crippen LogP contribution is -2.51. The number of thiocarbonyl (C=S) groups is 1. The first-order valence-electron chi connectivity index (χ1n) is 8.31. The average molecular weight is 417 g/mol. The van der Waals surface area contributed by atoms with Crippen LogP contribution < -0.4 is 20.1 Å². The first-order chi connectivity index (χ1) is 13.4. The Morgan fingerprint density at radius 2 is 1.75 bits per heavy atom. The van der Waals surface area contributed by atoms with Crippen LogP contribution in [0.2, 0.25) is 5.02 Å². The van der Waals surface area contributed by atoms with E-state index in [0.29, 0.717) is 28.7 Å². The number of methoxy groups -OCH3 is 1. The minimum Gasteiger partial charge on any atom is -0.493 e. The second-order valence-electron chi connectivity index (χ2n) is 6.10. The smallest absolute Gasteiger partial charge is 0.263 e. The van der Waals surface area contributed by atoms with Gasteiger partial charge in [0.1, 0.15) is 12.2 Å². The van der Waals surface area contributed by atoms with Gasteiger partial charge >= 0.3 is 0 Å². The van der Waals surface area contributed by atoms with Crippen molar-refractivity contribution in [1.82, 2.24) is 10.6 Å². The molecule has 3 rings (SSSR count). The lowest BCUT2D eigenvalue weighted by molar-refractivity contribution is -0.123. The molecule has 2 N–H and O–H groups in total. The van der Waals surface area contributed by atoms with Crippen molar-refractivity contribution in [2.45, 2.75) is 13.5 Å². The summed E-state index contributed by atoms with van der Waals surface area (Å²) in [5, 5.41) is 5.03. The summed E-state index contributed by atoms with van der Waals surface area (Å²) in [6.07, 6.45) is 1.41. The quantitative estimate of drug-likeness (QED) is 0.445. The molecule has 0 bridgehead atoms. The van der Waals surface area contributed by atoms with Crippen LogP contribution in [-0.4, -0.2) is 24.0 Å². The van der Waals surface area contributed by atoms with Gasteiger partial charge < -0.3 is 9.47 Å². The summed E-state index contributed by atoms with van der Waals surface area (Å²) in [4.78, 5) is 24.0. The summed E-state index contributed by atoms with van der Waals surface area (Å²) >= 11 is 11.1. The Bertz CT molecular complexity index is 964. The Labute approximate surface area is 172 Å². The zero-order valence-electron chi connectivity index (χ0n) is 15.2. The highest BCUT2D eigenvalue weighted by molar-refractivity contribution is 7.80. The molecule has 2 aromatic carbocycles. The highest BCUT2D eigenvalue weighted by atomic mass is 35.5. The van der Waals surface area contributed by atoms with Crippen LogP contribution in [0.3, 0.4) is 0 Å². The molecule has 2 aromatic rings. The van der Waals surface area contributed by atoms with Crippen molar-refractivity contribution in [3.05, 3.63) is 63.7 Å². The van der Waals surface area contributed by atoms with Crippen LogP contribution in [0.5, 0.6) is 11.5 Å². The highest BCUT2D eigenvalue weighted by Gasteiger charge is 2.26. The molecule has 0 radical (unpaired) electrons. The Morgan fingerprint density at radius 1 is 1.11 bits per heavy atom. The van der Waals surface area contributed by atoms with Gasteiger partial charge in [0.15, 0.2) is 16.6 Å². The Morgan fingerprint density at radius 3 is 2.36 bits per heavy atom. The first kappa shape index (κ1) is 19.9. The molecule has 0 aromatic heterocycles. The summed E-state index contributed by atoms with van der Waals surface area (Å²) in [5.41, 5.74) is 2.58. The molecule has 1 heterocycles. The molecular weight excluding hydrogens is 400 g/mol. The SMILES string of the molecule is COc1cc(C=C2C(=O)NC(=S)NC2=O)cc(Cl)c1OCc1ccc(C)cc1. The summed E-state index contributed by atoms with van der Waals surface area (Å²) < 4.78 is 11.2. The van der Waals surface area contributed by atoms with E-state index in [1.165, 1.54) is 13.2 Å². The van der Waals surface area contributed by atoms with Gasteiger partial charge in [0.2, 0.25) is 0 Å². The molecule has 1 saturated heterocycles. The molecule has 0 aliphatic carbocycles. The molecule has 1 aliphatic rings. The van der Waals surface area contributed by atoms with Crippen LogP contribution in [0.1, 0.15) is 16.7 Å². The van der Waals surface area contributed by atoms with Gasteiger partial charge in [0.25, 0.3) is 11.8 Å². The highest BCUT2D eigenvalue weighted by Crippen LogP contribution is 2.37. The van der Waals surface area contributed by atoms with Gasteiger partial charge in [0.05, 0.1) is 12.1 Å². The van der Waals surface area contributed by atoms with Crippen LogP contribution in [0.15, 0.2) is 42.0 Å². The van der Waals surface area contributed by atoms with Gasteiger partial charge in [-0.25, -0.2) is 0 Å². The maximum Gasteiger partial charge on any atom is 0.263 e. The van der Waals surface area contributed by atoms with E-state index < -0.39 is 11.8 Å². The number of carbonyl (C=O) groups is 2. The summed E-state index contributed by atoms with van der Waals surface area (Å²) in [6.45, 7) is 2.33. The van der Waals surface area contributed by atoms with Crippen molar-refractivity contribution in [1.29, 1.82) is 0 Å². The number of nitrogens with one attached hydrogen (secondary N) is 2. The number of benzene rings is 2. The second-order valence-corrected chi connectivity index (χ2v) is 6.92. The minimum absolute atomic E-state index is 0.0254. The zero-order chi connectivity index (χ0) is 20.3. The van der Waals surface area contributed by atoms with Crippen LogP contribution in [-0.2, 0) is 16.2 Å². The number of ether oxygens (including phenoxy) is 2. The number of carbonyl (C=O) groups excluding carboxylic acids is 2. The van der Waals surface area contributed by atoms with Gasteiger partial charge in [-0.05, 0) is 48.5 Å². The summed E-state index contributed by atoms with van der Waals surface area (Å²) in [7, 11) is 1.49. The molecule has 28 heavy (non-hydrogen) atoms. The standard InChI is InChI=1S/C20H17ClN2O4S/c1-11-3-5-12(6-4-11)10-27-17-15(21)8-13(9-16(17)26-2)7-14-18(24)22-20(28)23-19(14)25/h3-9H,10H2,1-2H3,(H2,22,23,24,25,28). The molecule has 8 heteroatoms. The van der Waals surface area contributed by atoms with Crippen LogP contribution in [0, 0.1) is 6.92 Å². The maximum atomic E-state index is 12.0. The average Bonchev–Trinajstić information content (AvgIpc) is 2.64. The van der Waals surface area contributed by atoms with Gasteiger partial charge in [-0.1, -0.05) is 41.4 Å². The zero-order valence-corrected chi connectivity index (χ0v) is 16.7. The van der Waals surface area contributed by atoms with Crippen molar-refractivity contribution >= 4 is 46.8 Å². The van der Waals surface area contributed by atoms with Crippen LogP contribution in [0.4, 0.5) is 0 Å². The number of rotatable bonds is 5. The van der Waals surface area contributed by atoms with Crippen LogP contribution >= 0.6 is 23.8 Å². The van der Waals surface area contributed by atoms with Gasteiger partial charge in [-0.2, -0.15) is 0 Å². The number of amides is 2. The topological polar surface area (TPSA) is 76.7 Å². The second kappa shape index (κ2) is 8.41. The fourth-order valence-corrected chi connectivity index (χ4v) is 3.04. The third kappa shape index (κ3) is 4.49. The van der Waals surface area contributed by atoms with E-state index in [-0.39, 0.29) is 10.7 Å². The van der Waals surface area contributed by atoms with Crippen molar-refractivity contribution in [3.8, 4) is 11.5 Å². The minimum atomic E-state index is -0.580. The summed E-state index contributed by atoms with van der Waals surface area (Å²) in [6, 6.07) is 11.2. The fraction of sp³-hybridized carbons (Fsp3) is 0.150. The molecule has 144 valence electrons. The van der Waals surface area contributed by atoms with Crippen molar-refractivity contribution < 1.29 is 19.1 Å². The van der Waals surface area contributed by atoms with E-state index in [1.807, 2.05) is 31.2 Å². The molecular formula is C20H17ClN2O4S. The van der Waals surface area contributed by atoms with Gasteiger partial charge in [-0.15, -0.1) is 0 Å². The van der Waals surface area contributed by atoms with Crippen molar-refractivity contribution in [2.75, 3.05) is 7.11 Å².